The number of carboxylic acid groups (broad SMARTS) is 1. The molecule has 0 saturated heterocycles. The lowest BCUT2D eigenvalue weighted by Gasteiger charge is -2.21. The van der Waals surface area contributed by atoms with Gasteiger partial charge in [-0.25, -0.2) is 0 Å². The van der Waals surface area contributed by atoms with Crippen molar-refractivity contribution in [1.29, 1.82) is 0 Å². The number of anilines is 1. The fourth-order valence-electron chi connectivity index (χ4n) is 1.36. The highest BCUT2D eigenvalue weighted by Crippen LogP contribution is 2.03. The summed E-state index contributed by atoms with van der Waals surface area (Å²) in [6.45, 7) is 0. The molecule has 2 N–H and O–H groups in total. The first-order chi connectivity index (χ1) is 8.00. The Labute approximate surface area is 99.3 Å². The Morgan fingerprint density at radius 3 is 2.71 bits per heavy atom. The number of aromatic nitrogens is 1. The van der Waals surface area contributed by atoms with Gasteiger partial charge in [-0.2, -0.15) is 0 Å². The second-order valence-corrected chi connectivity index (χ2v) is 3.94. The van der Waals surface area contributed by atoms with Gasteiger partial charge in [0.2, 0.25) is 5.91 Å². The Morgan fingerprint density at radius 2 is 2.24 bits per heavy atom. The van der Waals surface area contributed by atoms with Crippen molar-refractivity contribution in [3.8, 4) is 0 Å². The number of nitrogens with one attached hydrogen (secondary N) is 2. The molecule has 0 unspecified atom stereocenters. The summed E-state index contributed by atoms with van der Waals surface area (Å²) in [6.07, 6.45) is 2.96. The van der Waals surface area contributed by atoms with Crippen LogP contribution >= 0.6 is 0 Å². The number of amides is 1. The summed E-state index contributed by atoms with van der Waals surface area (Å²) in [5, 5.41) is 13.4. The van der Waals surface area contributed by atoms with Gasteiger partial charge in [0.15, 0.2) is 0 Å². The van der Waals surface area contributed by atoms with E-state index in [4.69, 9.17) is 0 Å². The van der Waals surface area contributed by atoms with E-state index in [0.717, 1.165) is 0 Å². The molecule has 0 fully saturated rings. The molecule has 6 nitrogen and oxygen atoms in total. The van der Waals surface area contributed by atoms with Crippen LogP contribution in [0.3, 0.4) is 0 Å². The van der Waals surface area contributed by atoms with Crippen LogP contribution in [-0.4, -0.2) is 37.0 Å². The largest absolute Gasteiger partial charge is 0.544 e. The van der Waals surface area contributed by atoms with Crippen LogP contribution in [0.4, 0.5) is 5.69 Å². The summed E-state index contributed by atoms with van der Waals surface area (Å²) < 4.78 is 0. The number of hydrogen-bond acceptors (Lipinski definition) is 4. The van der Waals surface area contributed by atoms with Gasteiger partial charge >= 0.3 is 0 Å². The fourth-order valence-corrected chi connectivity index (χ4v) is 1.36. The minimum Gasteiger partial charge on any atom is -0.544 e. The van der Waals surface area contributed by atoms with Gasteiger partial charge in [-0.1, -0.05) is 0 Å². The number of aliphatic carboxylic acids is 1. The number of carbonyl (C=O) groups is 2. The van der Waals surface area contributed by atoms with Crippen LogP contribution < -0.4 is 15.3 Å². The summed E-state index contributed by atoms with van der Waals surface area (Å²) >= 11 is 0. The molecule has 0 aromatic carbocycles. The molecule has 0 aliphatic heterocycles. The van der Waals surface area contributed by atoms with Crippen molar-refractivity contribution in [3.05, 3.63) is 24.5 Å². The average molecular weight is 237 g/mol. The molecule has 92 valence electrons. The molecule has 1 rings (SSSR count). The summed E-state index contributed by atoms with van der Waals surface area (Å²) in [4.78, 5) is 26.9. The van der Waals surface area contributed by atoms with Gasteiger partial charge in [0.25, 0.3) is 0 Å². The smallest absolute Gasteiger partial charge is 0.230 e. The van der Waals surface area contributed by atoms with Gasteiger partial charge < -0.3 is 20.1 Å². The highest BCUT2D eigenvalue weighted by Gasteiger charge is 2.20. The van der Waals surface area contributed by atoms with Crippen molar-refractivity contribution >= 4 is 17.6 Å². The number of nitrogens with zero attached hydrogens (tertiary/aromatic N) is 1. The third kappa shape index (κ3) is 4.20. The standard InChI is InChI=1S/C11H15N3O3/c1-14(2)9(11(16)17)6-10(15)13-8-4-3-5-12-7-8/h3-5,7,9H,6H2,1-2H3,(H,13,15)(H,16,17)/t9-/m0/s1. The first-order valence-electron chi connectivity index (χ1n) is 5.21. The van der Waals surface area contributed by atoms with Gasteiger partial charge in [0.05, 0.1) is 38.4 Å². The van der Waals surface area contributed by atoms with E-state index >= 15 is 0 Å². The molecule has 0 bridgehead atoms. The Balaban J connectivity index is 2.57. The lowest BCUT2D eigenvalue weighted by molar-refractivity contribution is -0.878. The molecular formula is C11H15N3O3. The van der Waals surface area contributed by atoms with E-state index in [0.29, 0.717) is 10.6 Å². The van der Waals surface area contributed by atoms with Crippen LogP contribution in [0.5, 0.6) is 0 Å². The zero-order chi connectivity index (χ0) is 12.8. The number of likely N-dealkylation sites (N-methyl/N-ethyl adjacent to an activating group) is 1. The van der Waals surface area contributed by atoms with E-state index in [9.17, 15) is 14.7 Å². The Bertz CT molecular complexity index is 392. The van der Waals surface area contributed by atoms with E-state index < -0.39 is 12.0 Å². The molecule has 0 radical (unpaired) electrons. The van der Waals surface area contributed by atoms with Crippen molar-refractivity contribution in [2.45, 2.75) is 12.5 Å². The van der Waals surface area contributed by atoms with Crippen LogP contribution in [0.15, 0.2) is 24.5 Å². The molecule has 0 aliphatic rings. The van der Waals surface area contributed by atoms with Crippen molar-refractivity contribution in [3.63, 3.8) is 0 Å². The van der Waals surface area contributed by atoms with E-state index in [2.05, 4.69) is 10.3 Å². The average Bonchev–Trinajstić information content (AvgIpc) is 2.26. The highest BCUT2D eigenvalue weighted by molar-refractivity contribution is 5.93. The van der Waals surface area contributed by atoms with Crippen LogP contribution in [0.1, 0.15) is 6.42 Å². The fraction of sp³-hybridized carbons (Fsp3) is 0.364. The van der Waals surface area contributed by atoms with Crippen molar-refractivity contribution in [2.75, 3.05) is 19.4 Å². The molecule has 17 heavy (non-hydrogen) atoms. The molecule has 0 saturated carbocycles. The molecule has 1 heterocycles. The van der Waals surface area contributed by atoms with Gasteiger partial charge in [0, 0.05) is 6.20 Å². The third-order valence-corrected chi connectivity index (χ3v) is 2.32. The maximum atomic E-state index is 11.6. The van der Waals surface area contributed by atoms with Crippen LogP contribution in [0.2, 0.25) is 0 Å². The number of carbonyl (C=O) groups excluding carboxylic acids is 2. The van der Waals surface area contributed by atoms with E-state index in [-0.39, 0.29) is 12.3 Å². The van der Waals surface area contributed by atoms with E-state index in [1.165, 1.54) is 6.20 Å². The Morgan fingerprint density at radius 1 is 1.53 bits per heavy atom. The highest BCUT2D eigenvalue weighted by atomic mass is 16.4. The number of rotatable bonds is 5. The maximum absolute atomic E-state index is 11.6. The summed E-state index contributed by atoms with van der Waals surface area (Å²) in [6, 6.07) is 2.51. The predicted molar refractivity (Wildman–Crippen MR) is 59.1 cm³/mol. The predicted octanol–water partition coefficient (Wildman–Crippen LogP) is -2.33. The number of carboxylic acids is 1. The Kier molecular flexibility index (Phi) is 4.59. The number of hydrogen-bond donors (Lipinski definition) is 2. The molecule has 1 amide bonds. The second kappa shape index (κ2) is 5.95. The number of pyridine rings is 1. The van der Waals surface area contributed by atoms with E-state index in [1.54, 1.807) is 32.4 Å². The molecule has 1 atom stereocenters. The van der Waals surface area contributed by atoms with Gasteiger partial charge in [-0.3, -0.25) is 9.78 Å². The third-order valence-electron chi connectivity index (χ3n) is 2.32. The molecule has 1 aromatic rings. The minimum absolute atomic E-state index is 0.125. The molecule has 0 spiro atoms. The zero-order valence-corrected chi connectivity index (χ0v) is 9.77. The number of quaternary nitrogens is 1. The van der Waals surface area contributed by atoms with Crippen LogP contribution in [0, 0.1) is 0 Å². The van der Waals surface area contributed by atoms with Crippen molar-refractivity contribution in [2.24, 2.45) is 0 Å². The SMILES string of the molecule is C[NH+](C)[C@@H](CC(=O)Nc1cccnc1)C(=O)[O-]. The van der Waals surface area contributed by atoms with Gasteiger partial charge in [0.1, 0.15) is 6.04 Å². The van der Waals surface area contributed by atoms with E-state index in [1.807, 2.05) is 0 Å². The van der Waals surface area contributed by atoms with Crippen LogP contribution in [0.25, 0.3) is 0 Å². The zero-order valence-electron chi connectivity index (χ0n) is 9.77. The normalized spacial score (nSPS) is 12.2. The second-order valence-electron chi connectivity index (χ2n) is 3.94. The quantitative estimate of drug-likeness (QED) is 0.601. The topological polar surface area (TPSA) is 86.6 Å². The molecular weight excluding hydrogens is 222 g/mol. The van der Waals surface area contributed by atoms with Crippen molar-refractivity contribution < 1.29 is 19.6 Å². The summed E-state index contributed by atoms with van der Waals surface area (Å²) in [7, 11) is 3.33. The first kappa shape index (κ1) is 13.1. The first-order valence-corrected chi connectivity index (χ1v) is 5.21. The Hall–Kier alpha value is -1.95. The van der Waals surface area contributed by atoms with Crippen molar-refractivity contribution in [1.82, 2.24) is 4.98 Å². The summed E-state index contributed by atoms with van der Waals surface area (Å²) in [5.41, 5.74) is 0.545. The minimum atomic E-state index is -1.23. The van der Waals surface area contributed by atoms with Gasteiger partial charge in [-0.15, -0.1) is 0 Å². The molecule has 0 aliphatic carbocycles. The lowest BCUT2D eigenvalue weighted by Crippen LogP contribution is -3.12. The lowest BCUT2D eigenvalue weighted by atomic mass is 10.2. The maximum Gasteiger partial charge on any atom is 0.230 e. The molecule has 1 aromatic heterocycles. The van der Waals surface area contributed by atoms with Crippen LogP contribution in [-0.2, 0) is 9.59 Å². The monoisotopic (exact) mass is 237 g/mol. The summed E-state index contributed by atoms with van der Waals surface area (Å²) in [5.74, 6) is -1.60. The van der Waals surface area contributed by atoms with Gasteiger partial charge in [-0.05, 0) is 12.1 Å². The molecule has 6 heteroatoms.